The molecule has 0 radical (unpaired) electrons. The summed E-state index contributed by atoms with van der Waals surface area (Å²) in [6, 6.07) is 10.4. The van der Waals surface area contributed by atoms with Crippen LogP contribution < -0.4 is 10.0 Å². The van der Waals surface area contributed by atoms with Crippen molar-refractivity contribution < 1.29 is 17.9 Å². The second-order valence-corrected chi connectivity index (χ2v) is 10.6. The fraction of sp³-hybridized carbons (Fsp3) is 0.455. The van der Waals surface area contributed by atoms with E-state index in [1.165, 1.54) is 14.8 Å². The molecule has 2 aromatic rings. The third-order valence-electron chi connectivity index (χ3n) is 6.07. The monoisotopic (exact) mass is 493 g/mol. The number of nitrogens with zero attached hydrogens (tertiary/aromatic N) is 4. The third kappa shape index (κ3) is 5.21. The van der Waals surface area contributed by atoms with Gasteiger partial charge in [-0.25, -0.2) is 0 Å². The maximum atomic E-state index is 13.8. The number of halogens is 1. The molecule has 11 heteroatoms. The number of rotatable bonds is 8. The summed E-state index contributed by atoms with van der Waals surface area (Å²) in [5.41, 5.74) is 6.76. The zero-order valence-electron chi connectivity index (χ0n) is 18.4. The van der Waals surface area contributed by atoms with E-state index in [0.29, 0.717) is 60.9 Å². The Labute approximate surface area is 199 Å². The number of anilines is 1. The van der Waals surface area contributed by atoms with Gasteiger partial charge in [-0.05, 0) is 37.3 Å². The minimum atomic E-state index is -3.87. The molecule has 0 spiro atoms. The maximum absolute atomic E-state index is 13.8. The van der Waals surface area contributed by atoms with Gasteiger partial charge in [0.25, 0.3) is 0 Å². The highest BCUT2D eigenvalue weighted by molar-refractivity contribution is 7.90. The number of ether oxygens (including phenoxy) is 1. The largest absolute Gasteiger partial charge is 0.378 e. The average Bonchev–Trinajstić information content (AvgIpc) is 2.77. The number of carbonyl (C=O) groups excluding carboxylic acids is 1. The predicted octanol–water partition coefficient (Wildman–Crippen LogP) is 1.53. The van der Waals surface area contributed by atoms with Crippen LogP contribution in [0.5, 0.6) is 0 Å². The number of carbonyl (C=O) groups is 1. The van der Waals surface area contributed by atoms with Crippen LogP contribution in [-0.2, 0) is 21.5 Å². The van der Waals surface area contributed by atoms with Crippen molar-refractivity contribution in [2.24, 2.45) is 5.73 Å². The van der Waals surface area contributed by atoms with Crippen molar-refractivity contribution in [2.45, 2.75) is 25.6 Å². The highest BCUT2D eigenvalue weighted by Gasteiger charge is 2.39. The molecule has 178 valence electrons. The molecule has 0 amide bonds. The van der Waals surface area contributed by atoms with Gasteiger partial charge in [0.15, 0.2) is 5.78 Å². The molecule has 1 aromatic heterocycles. The first-order chi connectivity index (χ1) is 15.8. The zero-order valence-corrected chi connectivity index (χ0v) is 20.0. The Morgan fingerprint density at radius 2 is 2.06 bits per heavy atom. The second kappa shape index (κ2) is 10.0. The number of Topliss-reactive ketones (excluding diaryl/α,β-unsaturated/α-hetero) is 1. The summed E-state index contributed by atoms with van der Waals surface area (Å²) < 4.78 is 35.7. The lowest BCUT2D eigenvalue weighted by Crippen LogP contribution is -2.62. The van der Waals surface area contributed by atoms with Crippen LogP contribution in [0.4, 0.5) is 5.69 Å². The molecule has 3 heterocycles. The fourth-order valence-electron chi connectivity index (χ4n) is 4.13. The van der Waals surface area contributed by atoms with Crippen LogP contribution in [0.25, 0.3) is 0 Å². The number of pyridine rings is 1. The highest BCUT2D eigenvalue weighted by atomic mass is 35.5. The predicted molar refractivity (Wildman–Crippen MR) is 127 cm³/mol. The topological polar surface area (TPSA) is 109 Å². The zero-order chi connectivity index (χ0) is 23.6. The lowest BCUT2D eigenvalue weighted by molar-refractivity contribution is -0.0873. The molecule has 0 saturated carbocycles. The molecule has 2 aliphatic rings. The van der Waals surface area contributed by atoms with E-state index in [9.17, 15) is 13.2 Å². The molecule has 33 heavy (non-hydrogen) atoms. The Kier molecular flexibility index (Phi) is 7.32. The van der Waals surface area contributed by atoms with Crippen molar-refractivity contribution in [2.75, 3.05) is 43.7 Å². The summed E-state index contributed by atoms with van der Waals surface area (Å²) in [6.45, 7) is 4.74. The quantitative estimate of drug-likeness (QED) is 0.555. The van der Waals surface area contributed by atoms with Gasteiger partial charge in [-0.2, -0.15) is 12.7 Å². The smallest absolute Gasteiger partial charge is 0.304 e. The van der Waals surface area contributed by atoms with Crippen LogP contribution >= 0.6 is 11.6 Å². The lowest BCUT2D eigenvalue weighted by Gasteiger charge is -2.46. The van der Waals surface area contributed by atoms with E-state index in [0.717, 1.165) is 0 Å². The van der Waals surface area contributed by atoms with Gasteiger partial charge in [0, 0.05) is 42.5 Å². The van der Waals surface area contributed by atoms with Gasteiger partial charge in [0.05, 0.1) is 43.7 Å². The molecule has 0 aliphatic carbocycles. The number of benzene rings is 1. The van der Waals surface area contributed by atoms with Crippen molar-refractivity contribution in [1.82, 2.24) is 14.2 Å². The van der Waals surface area contributed by atoms with Crippen LogP contribution in [0.2, 0.25) is 5.02 Å². The minimum absolute atomic E-state index is 0.00479. The van der Waals surface area contributed by atoms with Crippen LogP contribution in [-0.4, -0.2) is 79.9 Å². The molecular formula is C22H28ClN5O4S. The van der Waals surface area contributed by atoms with E-state index in [4.69, 9.17) is 22.1 Å². The van der Waals surface area contributed by atoms with Gasteiger partial charge in [-0.1, -0.05) is 17.7 Å². The van der Waals surface area contributed by atoms with Gasteiger partial charge in [0.1, 0.15) is 0 Å². The normalized spacial score (nSPS) is 20.4. The summed E-state index contributed by atoms with van der Waals surface area (Å²) in [6.07, 6.45) is 1.43. The number of hydrogen-bond acceptors (Lipinski definition) is 7. The molecular weight excluding hydrogens is 466 g/mol. The van der Waals surface area contributed by atoms with Crippen molar-refractivity contribution in [3.8, 4) is 0 Å². The molecule has 0 unspecified atom stereocenters. The Balaban J connectivity index is 1.59. The number of ketones is 1. The summed E-state index contributed by atoms with van der Waals surface area (Å²) in [4.78, 5) is 18.4. The van der Waals surface area contributed by atoms with Gasteiger partial charge in [-0.3, -0.25) is 19.0 Å². The molecule has 0 bridgehead atoms. The maximum Gasteiger partial charge on any atom is 0.304 e. The van der Waals surface area contributed by atoms with Crippen molar-refractivity contribution in [3.05, 3.63) is 58.9 Å². The van der Waals surface area contributed by atoms with Crippen LogP contribution in [0, 0.1) is 0 Å². The number of piperazine rings is 1. The second-order valence-electron chi connectivity index (χ2n) is 8.30. The van der Waals surface area contributed by atoms with E-state index in [2.05, 4.69) is 9.88 Å². The SMILES string of the molecule is C[C@@H]1CN(S(=O)(=O)N(Cc2ccc(C(=O)CN)cn2)c2cccc(Cl)c2)CCN1C1COC1. The van der Waals surface area contributed by atoms with Gasteiger partial charge < -0.3 is 10.5 Å². The molecule has 2 N–H and O–H groups in total. The van der Waals surface area contributed by atoms with Crippen molar-refractivity contribution in [1.29, 1.82) is 0 Å². The van der Waals surface area contributed by atoms with Crippen LogP contribution in [0.3, 0.4) is 0 Å². The first-order valence-electron chi connectivity index (χ1n) is 10.8. The van der Waals surface area contributed by atoms with Crippen molar-refractivity contribution >= 4 is 33.3 Å². The van der Waals surface area contributed by atoms with Gasteiger partial charge in [0.2, 0.25) is 0 Å². The van der Waals surface area contributed by atoms with E-state index >= 15 is 0 Å². The molecule has 4 rings (SSSR count). The number of aromatic nitrogens is 1. The Morgan fingerprint density at radius 3 is 2.64 bits per heavy atom. The average molecular weight is 494 g/mol. The number of hydrogen-bond donors (Lipinski definition) is 1. The summed E-state index contributed by atoms with van der Waals surface area (Å²) in [5.74, 6) is -0.225. The van der Waals surface area contributed by atoms with Gasteiger partial charge in [-0.15, -0.1) is 0 Å². The first-order valence-corrected chi connectivity index (χ1v) is 12.6. The molecule has 1 aromatic carbocycles. The molecule has 2 aliphatic heterocycles. The van der Waals surface area contributed by atoms with Crippen molar-refractivity contribution in [3.63, 3.8) is 0 Å². The molecule has 1 atom stereocenters. The van der Waals surface area contributed by atoms with E-state index in [-0.39, 0.29) is 24.9 Å². The van der Waals surface area contributed by atoms with E-state index in [1.807, 2.05) is 6.92 Å². The van der Waals surface area contributed by atoms with Crippen LogP contribution in [0.1, 0.15) is 23.0 Å². The number of nitrogens with two attached hydrogens (primary N) is 1. The summed E-state index contributed by atoms with van der Waals surface area (Å²) >= 11 is 6.18. The molecule has 9 nitrogen and oxygen atoms in total. The lowest BCUT2D eigenvalue weighted by atomic mass is 10.1. The molecule has 2 saturated heterocycles. The van der Waals surface area contributed by atoms with E-state index in [1.54, 1.807) is 36.4 Å². The summed E-state index contributed by atoms with van der Waals surface area (Å²) in [7, 11) is -3.87. The standard InChI is InChI=1S/C22H28ClN5O4S/c1-16-12-26(7-8-27(16)21-14-32-15-21)33(30,31)28(20-4-2-3-18(23)9-20)13-19-6-5-17(11-25-19)22(29)10-24/h2-6,9,11,16,21H,7-8,10,12-15,24H2,1H3/t16-/m1/s1. The summed E-state index contributed by atoms with van der Waals surface area (Å²) in [5, 5.41) is 0.438. The Morgan fingerprint density at radius 1 is 1.27 bits per heavy atom. The molecule has 2 fully saturated rings. The first kappa shape index (κ1) is 24.1. The van der Waals surface area contributed by atoms with E-state index < -0.39 is 10.2 Å². The van der Waals surface area contributed by atoms with Crippen LogP contribution in [0.15, 0.2) is 42.6 Å². The van der Waals surface area contributed by atoms with Gasteiger partial charge >= 0.3 is 10.2 Å². The fourth-order valence-corrected chi connectivity index (χ4v) is 5.98. The Bertz CT molecular complexity index is 1090. The highest BCUT2D eigenvalue weighted by Crippen LogP contribution is 2.28. The Hall–Kier alpha value is -2.08. The minimum Gasteiger partial charge on any atom is -0.378 e. The third-order valence-corrected chi connectivity index (χ3v) is 8.19.